The number of hydrogen-bond donors (Lipinski definition) is 1. The Balaban J connectivity index is 2.18. The van der Waals surface area contributed by atoms with Gasteiger partial charge in [0.2, 0.25) is 0 Å². The number of alkyl halides is 3. The van der Waals surface area contributed by atoms with E-state index in [9.17, 15) is 22.8 Å². The van der Waals surface area contributed by atoms with E-state index in [0.717, 1.165) is 4.68 Å². The number of aliphatic carboxylic acids is 1. The van der Waals surface area contributed by atoms with Gasteiger partial charge in [-0.15, -0.1) is 0 Å². The van der Waals surface area contributed by atoms with Gasteiger partial charge < -0.3 is 10.0 Å². The Morgan fingerprint density at radius 1 is 1.33 bits per heavy atom. The van der Waals surface area contributed by atoms with Crippen molar-refractivity contribution >= 4 is 11.9 Å². The number of carbonyl (C=O) groups excluding carboxylic acids is 1. The number of nitrogens with zero attached hydrogens (tertiary/aromatic N) is 3. The molecule has 1 saturated heterocycles. The van der Waals surface area contributed by atoms with Crippen molar-refractivity contribution in [3.8, 4) is 0 Å². The predicted molar refractivity (Wildman–Crippen MR) is 50.5 cm³/mol. The van der Waals surface area contributed by atoms with Crippen LogP contribution in [0.5, 0.6) is 0 Å². The molecule has 1 aromatic heterocycles. The number of rotatable bonds is 2. The van der Waals surface area contributed by atoms with Gasteiger partial charge in [0.15, 0.2) is 5.54 Å². The third-order valence-corrected chi connectivity index (χ3v) is 2.78. The van der Waals surface area contributed by atoms with E-state index in [-0.39, 0.29) is 0 Å². The highest BCUT2D eigenvalue weighted by Gasteiger charge is 2.58. The fraction of sp³-hybridized carbons (Fsp3) is 0.444. The van der Waals surface area contributed by atoms with Crippen LogP contribution in [-0.2, 0) is 15.1 Å². The van der Waals surface area contributed by atoms with Gasteiger partial charge in [-0.25, -0.2) is 4.79 Å². The second kappa shape index (κ2) is 3.72. The summed E-state index contributed by atoms with van der Waals surface area (Å²) in [5, 5.41) is 12.8. The molecule has 0 saturated carbocycles. The normalized spacial score (nSPS) is 18.3. The van der Waals surface area contributed by atoms with Crippen molar-refractivity contribution in [3.63, 3.8) is 0 Å². The first-order chi connectivity index (χ1) is 8.27. The molecule has 0 bridgehead atoms. The summed E-state index contributed by atoms with van der Waals surface area (Å²) >= 11 is 0. The minimum atomic E-state index is -4.99. The van der Waals surface area contributed by atoms with Crippen molar-refractivity contribution in [2.75, 3.05) is 13.1 Å². The molecule has 0 radical (unpaired) electrons. The quantitative estimate of drug-likeness (QED) is 0.819. The molecule has 18 heavy (non-hydrogen) atoms. The molecule has 9 heteroatoms. The van der Waals surface area contributed by atoms with Gasteiger partial charge >= 0.3 is 18.1 Å². The smallest absolute Gasteiger partial charge is 0.471 e. The Kier molecular flexibility index (Phi) is 2.56. The molecule has 98 valence electrons. The molecule has 0 spiro atoms. The second-order valence-corrected chi connectivity index (χ2v) is 3.95. The molecule has 0 aromatic carbocycles. The van der Waals surface area contributed by atoms with E-state index in [4.69, 9.17) is 5.11 Å². The molecule has 1 aliphatic rings. The van der Waals surface area contributed by atoms with Crippen LogP contribution in [0.1, 0.15) is 0 Å². The molecule has 0 unspecified atom stereocenters. The maximum Gasteiger partial charge on any atom is 0.471 e. The van der Waals surface area contributed by atoms with Gasteiger partial charge in [0.25, 0.3) is 0 Å². The first-order valence-electron chi connectivity index (χ1n) is 4.87. The van der Waals surface area contributed by atoms with Crippen molar-refractivity contribution in [3.05, 3.63) is 18.5 Å². The van der Waals surface area contributed by atoms with Crippen molar-refractivity contribution in [1.29, 1.82) is 0 Å². The van der Waals surface area contributed by atoms with Crippen LogP contribution in [0.25, 0.3) is 0 Å². The molecule has 1 aliphatic heterocycles. The number of halogens is 3. The molecule has 1 N–H and O–H groups in total. The summed E-state index contributed by atoms with van der Waals surface area (Å²) < 4.78 is 37.5. The Bertz CT molecular complexity index is 477. The van der Waals surface area contributed by atoms with Crippen LogP contribution in [0.4, 0.5) is 13.2 Å². The van der Waals surface area contributed by atoms with Gasteiger partial charge in [0.05, 0.1) is 13.1 Å². The van der Waals surface area contributed by atoms with Gasteiger partial charge in [-0.3, -0.25) is 9.48 Å². The summed E-state index contributed by atoms with van der Waals surface area (Å²) in [6, 6.07) is 1.46. The first-order valence-corrected chi connectivity index (χ1v) is 4.87. The number of amides is 1. The van der Waals surface area contributed by atoms with Crippen LogP contribution in [0.2, 0.25) is 0 Å². The topological polar surface area (TPSA) is 75.4 Å². The Labute approximate surface area is 98.6 Å². The van der Waals surface area contributed by atoms with Crippen LogP contribution in [0, 0.1) is 0 Å². The summed E-state index contributed by atoms with van der Waals surface area (Å²) in [5.74, 6) is -3.36. The van der Waals surface area contributed by atoms with Crippen LogP contribution in [0.3, 0.4) is 0 Å². The van der Waals surface area contributed by atoms with E-state index >= 15 is 0 Å². The van der Waals surface area contributed by atoms with E-state index in [1.54, 1.807) is 0 Å². The number of aromatic nitrogens is 2. The number of hydrogen-bond acceptors (Lipinski definition) is 3. The third-order valence-electron chi connectivity index (χ3n) is 2.78. The highest BCUT2D eigenvalue weighted by molar-refractivity contribution is 5.87. The fourth-order valence-electron chi connectivity index (χ4n) is 1.81. The summed E-state index contributed by atoms with van der Waals surface area (Å²) in [5.41, 5.74) is -1.61. The Morgan fingerprint density at radius 3 is 2.33 bits per heavy atom. The van der Waals surface area contributed by atoms with Gasteiger partial charge in [0.1, 0.15) is 0 Å². The number of carboxylic acids is 1. The van der Waals surface area contributed by atoms with Crippen LogP contribution < -0.4 is 0 Å². The molecular formula is C9H8F3N3O3. The Morgan fingerprint density at radius 2 is 1.94 bits per heavy atom. The van der Waals surface area contributed by atoms with Gasteiger partial charge in [-0.05, 0) is 6.07 Å². The zero-order valence-corrected chi connectivity index (χ0v) is 8.89. The largest absolute Gasteiger partial charge is 0.479 e. The van der Waals surface area contributed by atoms with Gasteiger partial charge in [-0.2, -0.15) is 18.3 Å². The maximum absolute atomic E-state index is 12.2. The van der Waals surface area contributed by atoms with Crippen molar-refractivity contribution in [2.45, 2.75) is 11.7 Å². The molecule has 1 amide bonds. The van der Waals surface area contributed by atoms with E-state index in [1.165, 1.54) is 18.5 Å². The maximum atomic E-state index is 12.2. The molecular weight excluding hydrogens is 255 g/mol. The molecule has 2 rings (SSSR count). The zero-order valence-electron chi connectivity index (χ0n) is 8.89. The number of likely N-dealkylation sites (tertiary alicyclic amines) is 1. The minimum Gasteiger partial charge on any atom is -0.479 e. The van der Waals surface area contributed by atoms with Gasteiger partial charge in [0, 0.05) is 12.4 Å². The molecule has 2 heterocycles. The van der Waals surface area contributed by atoms with Gasteiger partial charge in [-0.1, -0.05) is 0 Å². The average Bonchev–Trinajstić information content (AvgIpc) is 2.67. The highest BCUT2D eigenvalue weighted by Crippen LogP contribution is 2.32. The van der Waals surface area contributed by atoms with E-state index in [0.29, 0.717) is 4.90 Å². The van der Waals surface area contributed by atoms with Crippen LogP contribution >= 0.6 is 0 Å². The van der Waals surface area contributed by atoms with E-state index in [1.807, 2.05) is 0 Å². The van der Waals surface area contributed by atoms with Crippen molar-refractivity contribution in [1.82, 2.24) is 14.7 Å². The monoisotopic (exact) mass is 263 g/mol. The number of carbonyl (C=O) groups is 2. The summed E-state index contributed by atoms with van der Waals surface area (Å²) in [6.45, 7) is -1.11. The lowest BCUT2D eigenvalue weighted by Crippen LogP contribution is -2.69. The molecule has 0 atom stereocenters. The standard InChI is InChI=1S/C9H8F3N3O3/c10-9(11,12)6(16)14-4-8(5-14,7(17)18)15-3-1-2-13-15/h1-3H,4-5H2,(H,17,18). The van der Waals surface area contributed by atoms with Crippen molar-refractivity contribution < 1.29 is 27.9 Å². The van der Waals surface area contributed by atoms with Crippen LogP contribution in [0.15, 0.2) is 18.5 Å². The average molecular weight is 263 g/mol. The van der Waals surface area contributed by atoms with E-state index in [2.05, 4.69) is 5.10 Å². The molecule has 0 aliphatic carbocycles. The summed E-state index contributed by atoms with van der Waals surface area (Å²) in [6.07, 6.45) is -2.34. The minimum absolute atomic E-state index is 0.440. The molecule has 1 aromatic rings. The Hall–Kier alpha value is -2.06. The summed E-state index contributed by atoms with van der Waals surface area (Å²) in [7, 11) is 0. The number of carboxylic acid groups (broad SMARTS) is 1. The molecule has 6 nitrogen and oxygen atoms in total. The first kappa shape index (κ1) is 12.4. The molecule has 1 fully saturated rings. The fourth-order valence-corrected chi connectivity index (χ4v) is 1.81. The van der Waals surface area contributed by atoms with Crippen LogP contribution in [-0.4, -0.2) is 50.9 Å². The van der Waals surface area contributed by atoms with E-state index < -0.39 is 36.7 Å². The van der Waals surface area contributed by atoms with Crippen molar-refractivity contribution in [2.24, 2.45) is 0 Å². The second-order valence-electron chi connectivity index (χ2n) is 3.95. The lowest BCUT2D eigenvalue weighted by Gasteiger charge is -2.46. The third kappa shape index (κ3) is 1.71. The summed E-state index contributed by atoms with van der Waals surface area (Å²) in [4.78, 5) is 22.5. The lowest BCUT2D eigenvalue weighted by atomic mass is 9.90. The predicted octanol–water partition coefficient (Wildman–Crippen LogP) is 0.0675. The lowest BCUT2D eigenvalue weighted by molar-refractivity contribution is -0.198. The highest BCUT2D eigenvalue weighted by atomic mass is 19.4. The zero-order chi connectivity index (χ0) is 13.6. The SMILES string of the molecule is O=C(N1CC(C(=O)O)(n2cccn2)C1)C(F)(F)F.